The average Bonchev–Trinajstić information content (AvgIpc) is 3.35. The number of aliphatic hydroxyl groups is 1. The summed E-state index contributed by atoms with van der Waals surface area (Å²) in [6.07, 6.45) is 1.90. The van der Waals surface area contributed by atoms with Crippen molar-refractivity contribution in [2.75, 3.05) is 18.8 Å². The third-order valence-corrected chi connectivity index (χ3v) is 13.1. The SMILES string of the molecule is CC(C)[C@@H](NC(=O)c1cccc(C(=O)NS(=O)(=O)C[C@]23CC[C@H](CC2=O)C3(C)C)c1)C(=O)N1CC[C@](O)(c2ccc(Cl)cc2)C(C)(C)C1. The molecular formula is C36H46ClN3O7S. The minimum Gasteiger partial charge on any atom is -0.384 e. The molecule has 3 N–H and O–H groups in total. The second kappa shape index (κ2) is 12.6. The van der Waals surface area contributed by atoms with Crippen molar-refractivity contribution in [2.24, 2.45) is 28.1 Å². The molecule has 2 bridgehead atoms. The third kappa shape index (κ3) is 6.29. The average molecular weight is 700 g/mol. The molecule has 0 aromatic heterocycles. The quantitative estimate of drug-likeness (QED) is 0.344. The van der Waals surface area contributed by atoms with Crippen molar-refractivity contribution in [3.8, 4) is 0 Å². The Morgan fingerprint density at radius 3 is 2.17 bits per heavy atom. The van der Waals surface area contributed by atoms with Gasteiger partial charge in [-0.3, -0.25) is 19.2 Å². The van der Waals surface area contributed by atoms with E-state index in [0.29, 0.717) is 24.3 Å². The normalized spacial score (nSPS) is 26.7. The first-order chi connectivity index (χ1) is 22.2. The van der Waals surface area contributed by atoms with Crippen molar-refractivity contribution < 1.29 is 32.7 Å². The number of piperidine rings is 1. The van der Waals surface area contributed by atoms with E-state index in [1.165, 1.54) is 24.3 Å². The molecular weight excluding hydrogens is 654 g/mol. The van der Waals surface area contributed by atoms with E-state index in [4.69, 9.17) is 11.6 Å². The summed E-state index contributed by atoms with van der Waals surface area (Å²) in [4.78, 5) is 55.0. The molecule has 2 aliphatic carbocycles. The van der Waals surface area contributed by atoms with Crippen LogP contribution in [0.15, 0.2) is 48.5 Å². The number of Topliss-reactive ketones (excluding diaryl/α,β-unsaturated/α-hetero) is 1. The van der Waals surface area contributed by atoms with Crippen molar-refractivity contribution in [1.82, 2.24) is 14.9 Å². The van der Waals surface area contributed by atoms with Gasteiger partial charge >= 0.3 is 0 Å². The Balaban J connectivity index is 1.26. The number of ketones is 1. The van der Waals surface area contributed by atoms with E-state index in [-0.39, 0.29) is 47.7 Å². The van der Waals surface area contributed by atoms with Crippen molar-refractivity contribution in [1.29, 1.82) is 0 Å². The molecule has 0 spiro atoms. The number of hydrogen-bond donors (Lipinski definition) is 3. The second-order valence-electron chi connectivity index (χ2n) is 15.4. The number of nitrogens with one attached hydrogen (secondary N) is 2. The van der Waals surface area contributed by atoms with Gasteiger partial charge in [-0.1, -0.05) is 71.3 Å². The highest BCUT2D eigenvalue weighted by Gasteiger charge is 2.65. The number of halogens is 1. The van der Waals surface area contributed by atoms with Crippen LogP contribution < -0.4 is 10.0 Å². The smallest absolute Gasteiger partial charge is 0.264 e. The molecule has 3 amide bonds. The minimum absolute atomic E-state index is 0.0447. The molecule has 2 saturated carbocycles. The van der Waals surface area contributed by atoms with Gasteiger partial charge in [0.2, 0.25) is 15.9 Å². The number of carbonyl (C=O) groups is 4. The van der Waals surface area contributed by atoms with Gasteiger partial charge in [0, 0.05) is 41.1 Å². The molecule has 2 aromatic rings. The summed E-state index contributed by atoms with van der Waals surface area (Å²) in [7, 11) is -4.18. The Morgan fingerprint density at radius 2 is 1.62 bits per heavy atom. The van der Waals surface area contributed by atoms with Gasteiger partial charge in [-0.25, -0.2) is 13.1 Å². The molecule has 1 heterocycles. The fourth-order valence-corrected chi connectivity index (χ4v) is 10.1. The molecule has 12 heteroatoms. The summed E-state index contributed by atoms with van der Waals surface area (Å²) < 4.78 is 28.5. The predicted molar refractivity (Wildman–Crippen MR) is 183 cm³/mol. The van der Waals surface area contributed by atoms with Crippen LogP contribution in [0, 0.1) is 28.1 Å². The first-order valence-electron chi connectivity index (χ1n) is 16.5. The summed E-state index contributed by atoms with van der Waals surface area (Å²) in [5, 5.41) is 15.1. The van der Waals surface area contributed by atoms with E-state index in [2.05, 4.69) is 10.0 Å². The molecule has 3 fully saturated rings. The molecule has 10 nitrogen and oxygen atoms in total. The first-order valence-corrected chi connectivity index (χ1v) is 18.5. The van der Waals surface area contributed by atoms with Gasteiger partial charge in [0.05, 0.1) is 16.8 Å². The Hall–Kier alpha value is -3.28. The van der Waals surface area contributed by atoms with Crippen LogP contribution >= 0.6 is 11.6 Å². The third-order valence-electron chi connectivity index (χ3n) is 11.5. The van der Waals surface area contributed by atoms with Crippen molar-refractivity contribution in [3.05, 3.63) is 70.2 Å². The molecule has 260 valence electrons. The summed E-state index contributed by atoms with van der Waals surface area (Å²) in [6, 6.07) is 11.8. The van der Waals surface area contributed by atoms with Gasteiger partial charge < -0.3 is 15.3 Å². The van der Waals surface area contributed by atoms with Gasteiger partial charge in [-0.05, 0) is 72.4 Å². The van der Waals surface area contributed by atoms with Crippen molar-refractivity contribution in [3.63, 3.8) is 0 Å². The Bertz CT molecular complexity index is 1740. The highest BCUT2D eigenvalue weighted by Crippen LogP contribution is 2.64. The number of sulfonamides is 1. The number of carbonyl (C=O) groups excluding carboxylic acids is 4. The molecule has 0 unspecified atom stereocenters. The number of likely N-dealkylation sites (tertiary alicyclic amines) is 1. The van der Waals surface area contributed by atoms with Gasteiger partial charge in [0.25, 0.3) is 11.8 Å². The lowest BCUT2D eigenvalue weighted by Crippen LogP contribution is -2.60. The number of benzene rings is 2. The summed E-state index contributed by atoms with van der Waals surface area (Å²) in [5.74, 6) is -2.47. The highest BCUT2D eigenvalue weighted by molar-refractivity contribution is 7.90. The maximum atomic E-state index is 13.8. The topological polar surface area (TPSA) is 150 Å². The van der Waals surface area contributed by atoms with E-state index >= 15 is 0 Å². The Labute approximate surface area is 288 Å². The lowest BCUT2D eigenvalue weighted by molar-refractivity contribution is -0.155. The summed E-state index contributed by atoms with van der Waals surface area (Å²) >= 11 is 6.06. The maximum Gasteiger partial charge on any atom is 0.264 e. The van der Waals surface area contributed by atoms with Crippen LogP contribution in [0.1, 0.15) is 93.5 Å². The molecule has 1 saturated heterocycles. The standard InChI is InChI=1S/C36H46ClN3O7S/c1-22(2)29(32(44)40-17-16-36(45,33(3,4)20-40)25-10-12-27(37)13-11-25)38-30(42)23-8-7-9-24(18-23)31(43)39-48(46,47)21-35-15-14-26(19-28(35)41)34(35,5)6/h7-13,18,22,26,29,45H,14-17,19-21H2,1-6H3,(H,38,42)(H,39,43)/t26-,29-,35-,36+/m1/s1. The van der Waals surface area contributed by atoms with Crippen LogP contribution in [-0.4, -0.2) is 66.8 Å². The number of fused-ring (bicyclic) bond motifs is 2. The van der Waals surface area contributed by atoms with Gasteiger partial charge in [-0.15, -0.1) is 0 Å². The minimum atomic E-state index is -4.18. The maximum absolute atomic E-state index is 13.8. The van der Waals surface area contributed by atoms with Crippen LogP contribution in [0.4, 0.5) is 0 Å². The highest BCUT2D eigenvalue weighted by atomic mass is 35.5. The number of nitrogens with zero attached hydrogens (tertiary/aromatic N) is 1. The zero-order valence-corrected chi connectivity index (χ0v) is 30.0. The Morgan fingerprint density at radius 1 is 1.00 bits per heavy atom. The molecule has 4 atom stereocenters. The zero-order valence-electron chi connectivity index (χ0n) is 28.4. The lowest BCUT2D eigenvalue weighted by Gasteiger charge is -2.51. The number of rotatable bonds is 9. The van der Waals surface area contributed by atoms with Gasteiger partial charge in [-0.2, -0.15) is 0 Å². The number of hydrogen-bond acceptors (Lipinski definition) is 7. The molecule has 5 rings (SSSR count). The fraction of sp³-hybridized carbons (Fsp3) is 0.556. The van der Waals surface area contributed by atoms with E-state index in [1.54, 1.807) is 29.2 Å². The van der Waals surface area contributed by atoms with E-state index in [1.807, 2.05) is 41.5 Å². The molecule has 48 heavy (non-hydrogen) atoms. The zero-order chi connectivity index (χ0) is 35.4. The van der Waals surface area contributed by atoms with E-state index < -0.39 is 55.5 Å². The van der Waals surface area contributed by atoms with E-state index in [0.717, 1.165) is 12.0 Å². The Kier molecular flexibility index (Phi) is 9.42. The molecule has 0 radical (unpaired) electrons. The van der Waals surface area contributed by atoms with Crippen molar-refractivity contribution >= 4 is 45.1 Å². The van der Waals surface area contributed by atoms with Crippen LogP contribution in [0.5, 0.6) is 0 Å². The fourth-order valence-electron chi connectivity index (χ4n) is 8.18. The lowest BCUT2D eigenvalue weighted by atomic mass is 9.66. The van der Waals surface area contributed by atoms with Crippen LogP contribution in [0.25, 0.3) is 0 Å². The summed E-state index contributed by atoms with van der Waals surface area (Å²) in [6.45, 7) is 11.8. The first kappa shape index (κ1) is 36.0. The van der Waals surface area contributed by atoms with E-state index in [9.17, 15) is 32.7 Å². The van der Waals surface area contributed by atoms with Crippen LogP contribution in [-0.2, 0) is 25.2 Å². The van der Waals surface area contributed by atoms with Crippen molar-refractivity contribution in [2.45, 2.75) is 78.9 Å². The monoisotopic (exact) mass is 699 g/mol. The number of amides is 3. The van der Waals surface area contributed by atoms with Crippen LogP contribution in [0.3, 0.4) is 0 Å². The molecule has 1 aliphatic heterocycles. The van der Waals surface area contributed by atoms with Crippen LogP contribution in [0.2, 0.25) is 5.02 Å². The summed E-state index contributed by atoms with van der Waals surface area (Å²) in [5.41, 5.74) is -2.66. The van der Waals surface area contributed by atoms with Gasteiger partial charge in [0.1, 0.15) is 11.8 Å². The predicted octanol–water partition coefficient (Wildman–Crippen LogP) is 4.70. The second-order valence-corrected chi connectivity index (χ2v) is 17.6. The molecule has 2 aromatic carbocycles. The molecule has 3 aliphatic rings. The largest absolute Gasteiger partial charge is 0.384 e. The van der Waals surface area contributed by atoms with Gasteiger partial charge in [0.15, 0.2) is 0 Å².